The van der Waals surface area contributed by atoms with Gasteiger partial charge in [0.2, 0.25) is 0 Å². The number of nitrogen functional groups attached to an aromatic ring is 1. The fourth-order valence-corrected chi connectivity index (χ4v) is 3.91. The van der Waals surface area contributed by atoms with Gasteiger partial charge < -0.3 is 10.5 Å². The van der Waals surface area contributed by atoms with Gasteiger partial charge in [-0.3, -0.25) is 4.90 Å². The number of nitrogens with zero attached hydrogens (tertiary/aromatic N) is 2. The first-order chi connectivity index (χ1) is 13.1. The summed E-state index contributed by atoms with van der Waals surface area (Å²) in [5.74, 6) is 1.42. The molecule has 27 heavy (non-hydrogen) atoms. The average Bonchev–Trinajstić information content (AvgIpc) is 2.65. The normalized spacial score (nSPS) is 17.9. The van der Waals surface area contributed by atoms with E-state index in [2.05, 4.69) is 9.88 Å². The van der Waals surface area contributed by atoms with Crippen molar-refractivity contribution >= 4 is 39.8 Å². The van der Waals surface area contributed by atoms with Gasteiger partial charge in [-0.1, -0.05) is 29.3 Å². The quantitative estimate of drug-likeness (QED) is 0.655. The molecule has 1 saturated heterocycles. The molecule has 1 aromatic heterocycles. The zero-order chi connectivity index (χ0) is 18.8. The summed E-state index contributed by atoms with van der Waals surface area (Å²) in [7, 11) is 0. The first kappa shape index (κ1) is 18.4. The van der Waals surface area contributed by atoms with Crippen molar-refractivity contribution in [2.75, 3.05) is 18.8 Å². The number of benzene rings is 2. The number of hydrogen-bond donors (Lipinski definition) is 1. The Hall–Kier alpha value is -2.01. The number of fused-ring (bicyclic) bond motifs is 1. The molecule has 0 amide bonds. The Bertz CT molecular complexity index is 963. The van der Waals surface area contributed by atoms with E-state index in [0.29, 0.717) is 15.9 Å². The van der Waals surface area contributed by atoms with Crippen LogP contribution in [0.4, 0.5) is 5.82 Å². The SMILES string of the molecule is Nc1nccc2cc(OC3CCCN(Cc4ccc(Cl)c(Cl)c4)C3)ccc12. The van der Waals surface area contributed by atoms with E-state index in [9.17, 15) is 0 Å². The molecular weight excluding hydrogens is 381 g/mol. The van der Waals surface area contributed by atoms with Crippen LogP contribution in [0.5, 0.6) is 5.75 Å². The molecule has 6 heteroatoms. The van der Waals surface area contributed by atoms with Crippen molar-refractivity contribution < 1.29 is 4.74 Å². The molecule has 1 atom stereocenters. The summed E-state index contributed by atoms with van der Waals surface area (Å²) in [4.78, 5) is 6.53. The number of rotatable bonds is 4. The second-order valence-electron chi connectivity index (χ2n) is 6.94. The van der Waals surface area contributed by atoms with Crippen LogP contribution >= 0.6 is 23.2 Å². The second kappa shape index (κ2) is 7.93. The minimum absolute atomic E-state index is 0.165. The highest BCUT2D eigenvalue weighted by molar-refractivity contribution is 6.42. The largest absolute Gasteiger partial charge is 0.489 e. The molecule has 1 fully saturated rings. The minimum Gasteiger partial charge on any atom is -0.489 e. The van der Waals surface area contributed by atoms with Crippen molar-refractivity contribution in [1.29, 1.82) is 0 Å². The minimum atomic E-state index is 0.165. The van der Waals surface area contributed by atoms with Gasteiger partial charge in [0.25, 0.3) is 0 Å². The second-order valence-corrected chi connectivity index (χ2v) is 7.76. The predicted molar refractivity (Wildman–Crippen MR) is 112 cm³/mol. The van der Waals surface area contributed by atoms with Crippen LogP contribution in [-0.2, 0) is 6.54 Å². The number of ether oxygens (including phenoxy) is 1. The third kappa shape index (κ3) is 4.29. The van der Waals surface area contributed by atoms with Crippen molar-refractivity contribution in [3.05, 3.63) is 64.3 Å². The summed E-state index contributed by atoms with van der Waals surface area (Å²) in [6, 6.07) is 13.8. The van der Waals surface area contributed by atoms with E-state index >= 15 is 0 Å². The molecule has 3 aromatic rings. The molecule has 1 aliphatic rings. The first-order valence-corrected chi connectivity index (χ1v) is 9.81. The standard InChI is InChI=1S/C21H21Cl2N3O/c22-19-6-3-14(10-20(19)23)12-26-9-1-2-17(13-26)27-16-4-5-18-15(11-16)7-8-25-21(18)24/h3-8,10-11,17H,1-2,9,12-13H2,(H2,24,25). The Morgan fingerprint density at radius 3 is 2.85 bits per heavy atom. The smallest absolute Gasteiger partial charge is 0.131 e. The van der Waals surface area contributed by atoms with Crippen LogP contribution in [0.3, 0.4) is 0 Å². The number of anilines is 1. The molecule has 2 aromatic carbocycles. The zero-order valence-corrected chi connectivity index (χ0v) is 16.4. The van der Waals surface area contributed by atoms with Gasteiger partial charge in [0.05, 0.1) is 10.0 Å². The molecule has 4 rings (SSSR count). The van der Waals surface area contributed by atoms with Gasteiger partial charge >= 0.3 is 0 Å². The molecule has 0 bridgehead atoms. The van der Waals surface area contributed by atoms with E-state index in [1.165, 1.54) is 5.56 Å². The Kier molecular flexibility index (Phi) is 5.39. The van der Waals surface area contributed by atoms with Crippen molar-refractivity contribution in [2.24, 2.45) is 0 Å². The summed E-state index contributed by atoms with van der Waals surface area (Å²) in [6.07, 6.45) is 4.05. The maximum absolute atomic E-state index is 6.26. The maximum atomic E-state index is 6.26. The van der Waals surface area contributed by atoms with Crippen molar-refractivity contribution in [1.82, 2.24) is 9.88 Å². The number of aromatic nitrogens is 1. The lowest BCUT2D eigenvalue weighted by Crippen LogP contribution is -2.40. The van der Waals surface area contributed by atoms with Crippen LogP contribution in [0.25, 0.3) is 10.8 Å². The number of halogens is 2. The molecule has 4 nitrogen and oxygen atoms in total. The van der Waals surface area contributed by atoms with E-state index in [-0.39, 0.29) is 6.10 Å². The molecule has 0 aliphatic carbocycles. The number of piperidine rings is 1. The van der Waals surface area contributed by atoms with Crippen LogP contribution < -0.4 is 10.5 Å². The van der Waals surface area contributed by atoms with E-state index in [4.69, 9.17) is 33.7 Å². The van der Waals surface area contributed by atoms with Crippen molar-refractivity contribution in [2.45, 2.75) is 25.5 Å². The topological polar surface area (TPSA) is 51.4 Å². The van der Waals surface area contributed by atoms with Gasteiger partial charge in [0, 0.05) is 24.7 Å². The predicted octanol–water partition coefficient (Wildman–Crippen LogP) is 5.17. The van der Waals surface area contributed by atoms with Gasteiger partial charge in [0.15, 0.2) is 0 Å². The molecule has 0 spiro atoms. The molecule has 2 N–H and O–H groups in total. The van der Waals surface area contributed by atoms with Crippen LogP contribution in [0.15, 0.2) is 48.7 Å². The van der Waals surface area contributed by atoms with Crippen LogP contribution in [-0.4, -0.2) is 29.1 Å². The van der Waals surface area contributed by atoms with E-state index in [1.807, 2.05) is 42.5 Å². The Balaban J connectivity index is 1.43. The first-order valence-electron chi connectivity index (χ1n) is 9.06. The summed E-state index contributed by atoms with van der Waals surface area (Å²) in [5.41, 5.74) is 7.09. The Labute approximate surface area is 168 Å². The van der Waals surface area contributed by atoms with Crippen LogP contribution in [0.1, 0.15) is 18.4 Å². The Morgan fingerprint density at radius 2 is 2.00 bits per heavy atom. The van der Waals surface area contributed by atoms with E-state index in [0.717, 1.165) is 49.0 Å². The summed E-state index contributed by atoms with van der Waals surface area (Å²) in [5, 5.41) is 3.19. The van der Waals surface area contributed by atoms with E-state index in [1.54, 1.807) is 6.20 Å². The number of pyridine rings is 1. The number of likely N-dealkylation sites (tertiary alicyclic amines) is 1. The zero-order valence-electron chi connectivity index (χ0n) is 14.9. The van der Waals surface area contributed by atoms with Gasteiger partial charge in [0.1, 0.15) is 17.7 Å². The molecule has 1 aliphatic heterocycles. The fraction of sp³-hybridized carbons (Fsp3) is 0.286. The summed E-state index contributed by atoms with van der Waals surface area (Å²) < 4.78 is 6.26. The van der Waals surface area contributed by atoms with Gasteiger partial charge in [-0.15, -0.1) is 0 Å². The Morgan fingerprint density at radius 1 is 1.11 bits per heavy atom. The monoisotopic (exact) mass is 401 g/mol. The molecule has 140 valence electrons. The molecule has 2 heterocycles. The van der Waals surface area contributed by atoms with Gasteiger partial charge in [-0.2, -0.15) is 0 Å². The fourth-order valence-electron chi connectivity index (χ4n) is 3.59. The van der Waals surface area contributed by atoms with E-state index < -0.39 is 0 Å². The van der Waals surface area contributed by atoms with Crippen molar-refractivity contribution in [3.63, 3.8) is 0 Å². The van der Waals surface area contributed by atoms with Crippen LogP contribution in [0, 0.1) is 0 Å². The van der Waals surface area contributed by atoms with Gasteiger partial charge in [-0.05, 0) is 66.7 Å². The molecule has 0 radical (unpaired) electrons. The van der Waals surface area contributed by atoms with Gasteiger partial charge in [-0.25, -0.2) is 4.98 Å². The summed E-state index contributed by atoms with van der Waals surface area (Å²) >= 11 is 12.1. The molecular formula is C21H21Cl2N3O. The highest BCUT2D eigenvalue weighted by Gasteiger charge is 2.21. The lowest BCUT2D eigenvalue weighted by atomic mass is 10.1. The van der Waals surface area contributed by atoms with Crippen molar-refractivity contribution in [3.8, 4) is 5.75 Å². The lowest BCUT2D eigenvalue weighted by Gasteiger charge is -2.33. The highest BCUT2D eigenvalue weighted by Crippen LogP contribution is 2.27. The average molecular weight is 402 g/mol. The maximum Gasteiger partial charge on any atom is 0.131 e. The highest BCUT2D eigenvalue weighted by atomic mass is 35.5. The third-order valence-electron chi connectivity index (χ3n) is 4.92. The number of hydrogen-bond acceptors (Lipinski definition) is 4. The third-order valence-corrected chi connectivity index (χ3v) is 5.66. The number of nitrogens with two attached hydrogens (primary N) is 1. The molecule has 1 unspecified atom stereocenters. The lowest BCUT2D eigenvalue weighted by molar-refractivity contribution is 0.0844. The van der Waals surface area contributed by atoms with Crippen LogP contribution in [0.2, 0.25) is 10.0 Å². The molecule has 0 saturated carbocycles. The summed E-state index contributed by atoms with van der Waals surface area (Å²) in [6.45, 7) is 2.79.